The number of hydrogen-bond donors (Lipinski definition) is 2. The second kappa shape index (κ2) is 6.58. The predicted octanol–water partition coefficient (Wildman–Crippen LogP) is 1.53. The molecule has 0 aliphatic carbocycles. The molecule has 1 fully saturated rings. The lowest BCUT2D eigenvalue weighted by Crippen LogP contribution is -2.52. The summed E-state index contributed by atoms with van der Waals surface area (Å²) < 4.78 is 45.7. The Morgan fingerprint density at radius 2 is 2.29 bits per heavy atom. The Morgan fingerprint density at radius 3 is 2.90 bits per heavy atom. The summed E-state index contributed by atoms with van der Waals surface area (Å²) in [5.41, 5.74) is -0.448. The first kappa shape index (κ1) is 16.6. The molecular weight excluding hydrogens is 319 g/mol. The van der Waals surface area contributed by atoms with Crippen LogP contribution in [-0.4, -0.2) is 40.8 Å². The van der Waals surface area contributed by atoms with E-state index in [2.05, 4.69) is 10.0 Å². The van der Waals surface area contributed by atoms with Gasteiger partial charge < -0.3 is 10.1 Å². The molecule has 21 heavy (non-hydrogen) atoms. The number of methoxy groups -OCH3 is 1. The van der Waals surface area contributed by atoms with Crippen molar-refractivity contribution in [1.82, 2.24) is 10.0 Å². The third kappa shape index (κ3) is 3.92. The molecule has 1 atom stereocenters. The number of hydrogen-bond acceptors (Lipinski definition) is 4. The second-order valence-corrected chi connectivity index (χ2v) is 7.31. The summed E-state index contributed by atoms with van der Waals surface area (Å²) in [6.07, 6.45) is 1.73. The number of sulfonamides is 1. The van der Waals surface area contributed by atoms with E-state index in [9.17, 15) is 12.8 Å². The van der Waals surface area contributed by atoms with Gasteiger partial charge in [-0.2, -0.15) is 0 Å². The fourth-order valence-electron chi connectivity index (χ4n) is 2.46. The highest BCUT2D eigenvalue weighted by Gasteiger charge is 2.35. The Labute approximate surface area is 128 Å². The van der Waals surface area contributed by atoms with Crippen molar-refractivity contribution >= 4 is 21.6 Å². The van der Waals surface area contributed by atoms with Gasteiger partial charge in [0.05, 0.1) is 12.1 Å². The highest BCUT2D eigenvalue weighted by Crippen LogP contribution is 2.22. The largest absolute Gasteiger partial charge is 0.383 e. The van der Waals surface area contributed by atoms with Crippen LogP contribution in [0.2, 0.25) is 5.02 Å². The fraction of sp³-hybridized carbons (Fsp3) is 0.538. The van der Waals surface area contributed by atoms with E-state index in [1.54, 1.807) is 7.11 Å². The average Bonchev–Trinajstić information content (AvgIpc) is 2.89. The normalized spacial score (nSPS) is 22.6. The first-order valence-electron chi connectivity index (χ1n) is 6.57. The minimum absolute atomic E-state index is 0.134. The van der Waals surface area contributed by atoms with Crippen LogP contribution in [0.4, 0.5) is 4.39 Å². The van der Waals surface area contributed by atoms with Crippen molar-refractivity contribution < 1.29 is 17.5 Å². The van der Waals surface area contributed by atoms with Gasteiger partial charge >= 0.3 is 0 Å². The Hall–Kier alpha value is -0.730. The van der Waals surface area contributed by atoms with E-state index in [0.29, 0.717) is 6.61 Å². The van der Waals surface area contributed by atoms with E-state index in [-0.39, 0.29) is 11.6 Å². The molecule has 2 rings (SSSR count). The summed E-state index contributed by atoms with van der Waals surface area (Å²) in [4.78, 5) is -0.444. The highest BCUT2D eigenvalue weighted by atomic mass is 35.5. The zero-order valence-electron chi connectivity index (χ0n) is 11.7. The van der Waals surface area contributed by atoms with Crippen molar-refractivity contribution in [3.8, 4) is 0 Å². The monoisotopic (exact) mass is 336 g/mol. The molecule has 0 saturated carbocycles. The van der Waals surface area contributed by atoms with Gasteiger partial charge in [0.25, 0.3) is 0 Å². The predicted molar refractivity (Wildman–Crippen MR) is 78.4 cm³/mol. The van der Waals surface area contributed by atoms with Gasteiger partial charge in [-0.15, -0.1) is 0 Å². The molecule has 0 radical (unpaired) electrons. The molecular formula is C13H18ClFN2O3S. The lowest BCUT2D eigenvalue weighted by atomic mass is 9.99. The van der Waals surface area contributed by atoms with Crippen LogP contribution < -0.4 is 10.0 Å². The Kier molecular flexibility index (Phi) is 5.21. The fourth-order valence-corrected chi connectivity index (χ4v) is 3.93. The first-order chi connectivity index (χ1) is 9.88. The number of benzene rings is 1. The van der Waals surface area contributed by atoms with Gasteiger partial charge in [0.2, 0.25) is 10.0 Å². The zero-order valence-corrected chi connectivity index (χ0v) is 13.2. The van der Waals surface area contributed by atoms with E-state index >= 15 is 0 Å². The van der Waals surface area contributed by atoms with Crippen molar-refractivity contribution in [2.24, 2.45) is 0 Å². The average molecular weight is 337 g/mol. The lowest BCUT2D eigenvalue weighted by Gasteiger charge is -2.28. The zero-order chi connectivity index (χ0) is 15.5. The third-order valence-electron chi connectivity index (χ3n) is 3.54. The summed E-state index contributed by atoms with van der Waals surface area (Å²) >= 11 is 5.74. The van der Waals surface area contributed by atoms with Crippen LogP contribution in [0.1, 0.15) is 12.8 Å². The van der Waals surface area contributed by atoms with Gasteiger partial charge in [0, 0.05) is 18.7 Å². The third-order valence-corrected chi connectivity index (χ3v) is 5.19. The molecule has 1 saturated heterocycles. The van der Waals surface area contributed by atoms with Crippen LogP contribution in [-0.2, 0) is 14.8 Å². The summed E-state index contributed by atoms with van der Waals surface area (Å²) in [6, 6.07) is 3.45. The summed E-state index contributed by atoms with van der Waals surface area (Å²) in [5, 5.41) is 3.42. The minimum Gasteiger partial charge on any atom is -0.383 e. The lowest BCUT2D eigenvalue weighted by molar-refractivity contribution is 0.122. The molecule has 1 heterocycles. The Morgan fingerprint density at radius 1 is 1.52 bits per heavy atom. The minimum atomic E-state index is -3.96. The molecule has 0 aromatic heterocycles. The maximum atomic E-state index is 13.7. The molecule has 1 aliphatic heterocycles. The standard InChI is InChI=1S/C13H18ClFN2O3S/c1-20-9-13(5-2-6-16-13)8-17-21(18,19)12-7-10(14)3-4-11(12)15/h3-4,7,16-17H,2,5-6,8-9H2,1H3. The maximum absolute atomic E-state index is 13.7. The molecule has 1 aromatic carbocycles. The number of rotatable bonds is 6. The molecule has 1 aliphatic rings. The number of halogens is 2. The molecule has 8 heteroatoms. The van der Waals surface area contributed by atoms with Crippen molar-refractivity contribution in [2.75, 3.05) is 26.8 Å². The first-order valence-corrected chi connectivity index (χ1v) is 8.43. The quantitative estimate of drug-likeness (QED) is 0.826. The van der Waals surface area contributed by atoms with Crippen LogP contribution in [0.25, 0.3) is 0 Å². The summed E-state index contributed by atoms with van der Waals surface area (Å²) in [5.74, 6) is -0.827. The Bertz CT molecular complexity index is 603. The number of nitrogens with one attached hydrogen (secondary N) is 2. The summed E-state index contributed by atoms with van der Waals surface area (Å²) in [7, 11) is -2.40. The molecule has 1 aromatic rings. The van der Waals surface area contributed by atoms with Gasteiger partial charge in [-0.3, -0.25) is 0 Å². The van der Waals surface area contributed by atoms with Crippen LogP contribution in [0, 0.1) is 5.82 Å². The van der Waals surface area contributed by atoms with Gasteiger partial charge in [-0.25, -0.2) is 17.5 Å². The van der Waals surface area contributed by atoms with E-state index in [1.165, 1.54) is 6.07 Å². The van der Waals surface area contributed by atoms with E-state index in [0.717, 1.165) is 31.5 Å². The molecule has 0 spiro atoms. The smallest absolute Gasteiger partial charge is 0.243 e. The van der Waals surface area contributed by atoms with Crippen molar-refractivity contribution in [3.05, 3.63) is 29.0 Å². The van der Waals surface area contributed by atoms with Crippen LogP contribution in [0.15, 0.2) is 23.1 Å². The van der Waals surface area contributed by atoms with Crippen molar-refractivity contribution in [2.45, 2.75) is 23.3 Å². The van der Waals surface area contributed by atoms with E-state index in [4.69, 9.17) is 16.3 Å². The van der Waals surface area contributed by atoms with Crippen LogP contribution in [0.5, 0.6) is 0 Å². The van der Waals surface area contributed by atoms with Crippen LogP contribution in [0.3, 0.4) is 0 Å². The van der Waals surface area contributed by atoms with Gasteiger partial charge in [-0.1, -0.05) is 11.6 Å². The Balaban J connectivity index is 2.15. The van der Waals surface area contributed by atoms with Crippen molar-refractivity contribution in [1.29, 1.82) is 0 Å². The molecule has 0 bridgehead atoms. The van der Waals surface area contributed by atoms with E-state index < -0.39 is 26.3 Å². The highest BCUT2D eigenvalue weighted by molar-refractivity contribution is 7.89. The van der Waals surface area contributed by atoms with Gasteiger partial charge in [-0.05, 0) is 37.6 Å². The van der Waals surface area contributed by atoms with Gasteiger partial charge in [0.15, 0.2) is 0 Å². The SMILES string of the molecule is COCC1(CNS(=O)(=O)c2cc(Cl)ccc2F)CCCN1. The summed E-state index contributed by atoms with van der Waals surface area (Å²) in [6.45, 7) is 1.32. The molecule has 0 amide bonds. The van der Waals surface area contributed by atoms with E-state index in [1.807, 2.05) is 0 Å². The topological polar surface area (TPSA) is 67.4 Å². The molecule has 118 valence electrons. The molecule has 1 unspecified atom stereocenters. The van der Waals surface area contributed by atoms with Crippen LogP contribution >= 0.6 is 11.6 Å². The van der Waals surface area contributed by atoms with Crippen molar-refractivity contribution in [3.63, 3.8) is 0 Å². The maximum Gasteiger partial charge on any atom is 0.243 e. The second-order valence-electron chi connectivity index (χ2n) is 5.14. The molecule has 5 nitrogen and oxygen atoms in total. The molecule has 2 N–H and O–H groups in total. The number of ether oxygens (including phenoxy) is 1. The van der Waals surface area contributed by atoms with Gasteiger partial charge in [0.1, 0.15) is 10.7 Å².